The van der Waals surface area contributed by atoms with Crippen molar-refractivity contribution in [2.24, 2.45) is 0 Å². The summed E-state index contributed by atoms with van der Waals surface area (Å²) < 4.78 is 10.8. The van der Waals surface area contributed by atoms with Crippen LogP contribution >= 0.6 is 22.6 Å². The van der Waals surface area contributed by atoms with Gasteiger partial charge in [-0.1, -0.05) is 6.07 Å². The van der Waals surface area contributed by atoms with Crippen LogP contribution in [0.3, 0.4) is 0 Å². The molecule has 0 radical (unpaired) electrons. The summed E-state index contributed by atoms with van der Waals surface area (Å²) in [5.41, 5.74) is 0.764. The molecule has 1 aromatic rings. The van der Waals surface area contributed by atoms with E-state index in [1.165, 1.54) is 0 Å². The standard InChI is InChI=1S/C14H17IO4/c1-8(2)18-13(16)10-6-5-7-11(12(10)15)14(17)19-9(3)4/h5-9H,1-4H3. The molecule has 0 aliphatic carbocycles. The number of esters is 2. The summed E-state index contributed by atoms with van der Waals surface area (Å²) in [6.07, 6.45) is -0.399. The first-order valence-corrected chi connectivity index (χ1v) is 7.11. The van der Waals surface area contributed by atoms with Crippen molar-refractivity contribution in [2.75, 3.05) is 0 Å². The monoisotopic (exact) mass is 376 g/mol. The number of rotatable bonds is 4. The fraction of sp³-hybridized carbons (Fsp3) is 0.429. The molecule has 0 amide bonds. The first kappa shape index (κ1) is 15.9. The average molecular weight is 376 g/mol. The first-order valence-electron chi connectivity index (χ1n) is 6.03. The molecule has 0 N–H and O–H groups in total. The molecule has 5 heteroatoms. The topological polar surface area (TPSA) is 52.6 Å². The van der Waals surface area contributed by atoms with Crippen LogP contribution < -0.4 is 0 Å². The van der Waals surface area contributed by atoms with Crippen molar-refractivity contribution < 1.29 is 19.1 Å². The predicted molar refractivity (Wildman–Crippen MR) is 80.3 cm³/mol. The highest BCUT2D eigenvalue weighted by Crippen LogP contribution is 2.20. The van der Waals surface area contributed by atoms with E-state index in [1.807, 2.05) is 22.6 Å². The number of benzene rings is 1. The minimum atomic E-state index is -0.432. The minimum absolute atomic E-state index is 0.199. The van der Waals surface area contributed by atoms with Gasteiger partial charge in [-0.25, -0.2) is 9.59 Å². The van der Waals surface area contributed by atoms with Gasteiger partial charge in [-0.15, -0.1) is 0 Å². The third-order valence-electron chi connectivity index (χ3n) is 2.12. The highest BCUT2D eigenvalue weighted by Gasteiger charge is 2.20. The number of ether oxygens (including phenoxy) is 2. The highest BCUT2D eigenvalue weighted by molar-refractivity contribution is 14.1. The first-order chi connectivity index (χ1) is 8.82. The van der Waals surface area contributed by atoms with Crippen LogP contribution in [0.2, 0.25) is 0 Å². The Kier molecular flexibility index (Phi) is 5.78. The van der Waals surface area contributed by atoms with Crippen molar-refractivity contribution in [1.82, 2.24) is 0 Å². The summed E-state index contributed by atoms with van der Waals surface area (Å²) >= 11 is 1.96. The molecule has 0 bridgehead atoms. The van der Waals surface area contributed by atoms with Gasteiger partial charge in [0.15, 0.2) is 0 Å². The Hall–Kier alpha value is -1.11. The molecule has 0 atom stereocenters. The molecule has 0 saturated heterocycles. The van der Waals surface area contributed by atoms with Crippen LogP contribution in [-0.4, -0.2) is 24.1 Å². The van der Waals surface area contributed by atoms with Crippen molar-refractivity contribution >= 4 is 34.5 Å². The molecule has 0 spiro atoms. The molecule has 1 rings (SSSR count). The van der Waals surface area contributed by atoms with E-state index in [1.54, 1.807) is 45.9 Å². The van der Waals surface area contributed by atoms with Gasteiger partial charge in [0.25, 0.3) is 0 Å². The van der Waals surface area contributed by atoms with Crippen LogP contribution in [0.25, 0.3) is 0 Å². The van der Waals surface area contributed by atoms with E-state index in [0.29, 0.717) is 14.7 Å². The van der Waals surface area contributed by atoms with Crippen molar-refractivity contribution in [3.05, 3.63) is 32.9 Å². The zero-order chi connectivity index (χ0) is 14.6. The lowest BCUT2D eigenvalue weighted by Crippen LogP contribution is -2.17. The molecule has 4 nitrogen and oxygen atoms in total. The highest BCUT2D eigenvalue weighted by atomic mass is 127. The second kappa shape index (κ2) is 6.88. The van der Waals surface area contributed by atoms with E-state index in [2.05, 4.69) is 0 Å². The number of hydrogen-bond donors (Lipinski definition) is 0. The van der Waals surface area contributed by atoms with Crippen LogP contribution in [-0.2, 0) is 9.47 Å². The van der Waals surface area contributed by atoms with E-state index in [0.717, 1.165) is 0 Å². The summed E-state index contributed by atoms with van der Waals surface area (Å²) in [7, 11) is 0. The van der Waals surface area contributed by atoms with E-state index in [9.17, 15) is 9.59 Å². The smallest absolute Gasteiger partial charge is 0.339 e. The molecular weight excluding hydrogens is 359 g/mol. The van der Waals surface area contributed by atoms with Gasteiger partial charge in [0.1, 0.15) is 0 Å². The maximum Gasteiger partial charge on any atom is 0.339 e. The van der Waals surface area contributed by atoms with Gasteiger partial charge in [-0.05, 0) is 62.4 Å². The van der Waals surface area contributed by atoms with Crippen LogP contribution in [0.5, 0.6) is 0 Å². The molecule has 104 valence electrons. The van der Waals surface area contributed by atoms with Gasteiger partial charge in [0, 0.05) is 3.57 Å². The van der Waals surface area contributed by atoms with Crippen LogP contribution in [0, 0.1) is 3.57 Å². The Balaban J connectivity index is 3.04. The van der Waals surface area contributed by atoms with Gasteiger partial charge < -0.3 is 9.47 Å². The molecule has 0 unspecified atom stereocenters. The SMILES string of the molecule is CC(C)OC(=O)c1cccc(C(=O)OC(C)C)c1I. The Bertz CT molecular complexity index is 440. The molecular formula is C14H17IO4. The van der Waals surface area contributed by atoms with Crippen LogP contribution in [0.15, 0.2) is 18.2 Å². The third-order valence-corrected chi connectivity index (χ3v) is 3.29. The van der Waals surface area contributed by atoms with E-state index >= 15 is 0 Å². The fourth-order valence-electron chi connectivity index (χ4n) is 1.40. The second-order valence-electron chi connectivity index (χ2n) is 4.58. The lowest BCUT2D eigenvalue weighted by molar-refractivity contribution is 0.0375. The van der Waals surface area contributed by atoms with Crippen LogP contribution in [0.1, 0.15) is 48.4 Å². The van der Waals surface area contributed by atoms with Gasteiger partial charge in [-0.2, -0.15) is 0 Å². The van der Waals surface area contributed by atoms with Gasteiger partial charge in [0.2, 0.25) is 0 Å². The summed E-state index contributed by atoms with van der Waals surface area (Å²) in [5, 5.41) is 0. The minimum Gasteiger partial charge on any atom is -0.459 e. The Morgan fingerprint density at radius 3 is 1.63 bits per heavy atom. The van der Waals surface area contributed by atoms with Crippen molar-refractivity contribution in [3.63, 3.8) is 0 Å². The summed E-state index contributed by atoms with van der Waals surface area (Å²) in [5.74, 6) is -0.864. The summed E-state index contributed by atoms with van der Waals surface area (Å²) in [4.78, 5) is 23.8. The number of halogens is 1. The van der Waals surface area contributed by atoms with Gasteiger partial charge in [0.05, 0.1) is 23.3 Å². The largest absolute Gasteiger partial charge is 0.459 e. The molecule has 0 aliphatic heterocycles. The molecule has 0 aromatic heterocycles. The maximum absolute atomic E-state index is 11.9. The molecule has 0 heterocycles. The number of hydrogen-bond acceptors (Lipinski definition) is 4. The van der Waals surface area contributed by atoms with Gasteiger partial charge in [-0.3, -0.25) is 0 Å². The lowest BCUT2D eigenvalue weighted by Gasteiger charge is -2.12. The quantitative estimate of drug-likeness (QED) is 0.597. The molecule has 1 aromatic carbocycles. The third kappa shape index (κ3) is 4.49. The van der Waals surface area contributed by atoms with Crippen molar-refractivity contribution in [2.45, 2.75) is 39.9 Å². The van der Waals surface area contributed by atoms with E-state index in [4.69, 9.17) is 9.47 Å². The van der Waals surface area contributed by atoms with E-state index < -0.39 is 11.9 Å². The molecule has 0 aliphatic rings. The maximum atomic E-state index is 11.9. The summed E-state index contributed by atoms with van der Waals surface area (Å²) in [6.45, 7) is 7.12. The molecule has 0 fully saturated rings. The number of carbonyl (C=O) groups excluding carboxylic acids is 2. The second-order valence-corrected chi connectivity index (χ2v) is 5.65. The van der Waals surface area contributed by atoms with Crippen molar-refractivity contribution in [1.29, 1.82) is 0 Å². The zero-order valence-corrected chi connectivity index (χ0v) is 13.6. The van der Waals surface area contributed by atoms with Gasteiger partial charge >= 0.3 is 11.9 Å². The summed E-state index contributed by atoms with van der Waals surface area (Å²) in [6, 6.07) is 4.92. The Morgan fingerprint density at radius 1 is 0.947 bits per heavy atom. The van der Waals surface area contributed by atoms with Crippen molar-refractivity contribution in [3.8, 4) is 0 Å². The number of carbonyl (C=O) groups is 2. The average Bonchev–Trinajstić information content (AvgIpc) is 2.26. The predicted octanol–water partition coefficient (Wildman–Crippen LogP) is 3.42. The van der Waals surface area contributed by atoms with E-state index in [-0.39, 0.29) is 12.2 Å². The normalized spacial score (nSPS) is 10.7. The fourth-order valence-corrected chi connectivity index (χ4v) is 2.20. The zero-order valence-electron chi connectivity index (χ0n) is 11.4. The van der Waals surface area contributed by atoms with Crippen LogP contribution in [0.4, 0.5) is 0 Å². The Labute approximate surface area is 126 Å². The lowest BCUT2D eigenvalue weighted by atomic mass is 10.1. The molecule has 19 heavy (non-hydrogen) atoms. The Morgan fingerprint density at radius 2 is 1.32 bits per heavy atom. The molecule has 0 saturated carbocycles.